The zero-order valence-corrected chi connectivity index (χ0v) is 15.9. The second-order valence-electron chi connectivity index (χ2n) is 7.20. The molecule has 150 valence electrons. The lowest BCUT2D eigenvalue weighted by Crippen LogP contribution is -2.42. The van der Waals surface area contributed by atoms with E-state index >= 15 is 0 Å². The quantitative estimate of drug-likeness (QED) is 0.454. The number of rotatable bonds is 4. The van der Waals surface area contributed by atoms with Crippen molar-refractivity contribution in [3.8, 4) is 11.5 Å². The van der Waals surface area contributed by atoms with Crippen LogP contribution >= 0.6 is 11.6 Å². The Kier molecular flexibility index (Phi) is 4.74. The molecule has 2 unspecified atom stereocenters. The van der Waals surface area contributed by atoms with Crippen molar-refractivity contribution in [3.05, 3.63) is 62.9 Å². The lowest BCUT2D eigenvalue weighted by atomic mass is 9.63. The van der Waals surface area contributed by atoms with Crippen molar-refractivity contribution in [1.29, 1.82) is 0 Å². The van der Waals surface area contributed by atoms with Crippen LogP contribution in [0.3, 0.4) is 0 Å². The summed E-state index contributed by atoms with van der Waals surface area (Å²) in [4.78, 5) is 35.2. The lowest BCUT2D eigenvalue weighted by molar-refractivity contribution is -0.384. The predicted octanol–water partition coefficient (Wildman–Crippen LogP) is 4.26. The minimum Gasteiger partial charge on any atom is -0.456 e. The van der Waals surface area contributed by atoms with E-state index in [1.54, 1.807) is 0 Å². The number of non-ortho nitro benzene ring substituents is 1. The van der Waals surface area contributed by atoms with Gasteiger partial charge in [0.25, 0.3) is 5.69 Å². The molecule has 2 fully saturated rings. The van der Waals surface area contributed by atoms with Crippen LogP contribution in [-0.4, -0.2) is 16.7 Å². The summed E-state index contributed by atoms with van der Waals surface area (Å²) in [5.74, 6) is -1.84. The Labute approximate surface area is 170 Å². The number of fused-ring (bicyclic) bond motifs is 1. The summed E-state index contributed by atoms with van der Waals surface area (Å²) in [6.07, 6.45) is 2.33. The maximum atomic E-state index is 14.9. The fraction of sp³-hybridized carbons (Fsp3) is 0.300. The van der Waals surface area contributed by atoms with Crippen molar-refractivity contribution < 1.29 is 23.6 Å². The Hall–Kier alpha value is -3.00. The van der Waals surface area contributed by atoms with Crippen LogP contribution in [0.15, 0.2) is 36.4 Å². The molecule has 1 saturated carbocycles. The molecular formula is C20H16ClFN2O5. The molecule has 0 bridgehead atoms. The maximum Gasteiger partial charge on any atom is 0.269 e. The monoisotopic (exact) mass is 418 g/mol. The number of nitrogens with one attached hydrogen (secondary N) is 1. The number of nitrogens with zero attached hydrogens (tertiary/aromatic N) is 1. The average Bonchev–Trinajstić information content (AvgIpc) is 2.95. The van der Waals surface area contributed by atoms with Gasteiger partial charge in [-0.3, -0.25) is 25.0 Å². The van der Waals surface area contributed by atoms with E-state index in [1.807, 2.05) is 0 Å². The number of amides is 2. The molecule has 2 aliphatic rings. The molecule has 0 radical (unpaired) electrons. The first kappa shape index (κ1) is 19.3. The number of imide groups is 1. The maximum absolute atomic E-state index is 14.9. The van der Waals surface area contributed by atoms with E-state index in [4.69, 9.17) is 16.3 Å². The van der Waals surface area contributed by atoms with E-state index in [1.165, 1.54) is 30.3 Å². The van der Waals surface area contributed by atoms with Gasteiger partial charge in [0.2, 0.25) is 11.8 Å². The number of carbonyl (C=O) groups is 2. The highest BCUT2D eigenvalue weighted by molar-refractivity contribution is 6.32. The summed E-state index contributed by atoms with van der Waals surface area (Å²) in [5, 5.41) is 13.1. The Morgan fingerprint density at radius 1 is 1.21 bits per heavy atom. The number of hydrogen-bond donors (Lipinski definition) is 1. The molecule has 4 rings (SSSR count). The normalized spacial score (nSPS) is 23.4. The van der Waals surface area contributed by atoms with Crippen LogP contribution in [0.5, 0.6) is 11.5 Å². The van der Waals surface area contributed by atoms with Crippen molar-refractivity contribution >= 4 is 29.1 Å². The molecule has 1 heterocycles. The van der Waals surface area contributed by atoms with Gasteiger partial charge in [0, 0.05) is 17.7 Å². The summed E-state index contributed by atoms with van der Waals surface area (Å²) < 4.78 is 20.6. The van der Waals surface area contributed by atoms with E-state index in [0.717, 1.165) is 12.5 Å². The first-order valence-corrected chi connectivity index (χ1v) is 9.48. The highest BCUT2D eigenvalue weighted by atomic mass is 35.5. The topological polar surface area (TPSA) is 98.5 Å². The van der Waals surface area contributed by atoms with Crippen LogP contribution in [0.25, 0.3) is 0 Å². The fourth-order valence-corrected chi connectivity index (χ4v) is 4.46. The van der Waals surface area contributed by atoms with Crippen LogP contribution in [0.4, 0.5) is 10.1 Å². The van der Waals surface area contributed by atoms with Gasteiger partial charge in [-0.05, 0) is 37.1 Å². The Morgan fingerprint density at radius 2 is 1.93 bits per heavy atom. The number of nitro groups is 1. The van der Waals surface area contributed by atoms with Crippen molar-refractivity contribution in [2.45, 2.75) is 31.1 Å². The predicted molar refractivity (Wildman–Crippen MR) is 101 cm³/mol. The molecular weight excluding hydrogens is 403 g/mol. The van der Waals surface area contributed by atoms with Crippen molar-refractivity contribution in [2.75, 3.05) is 0 Å². The first-order chi connectivity index (χ1) is 13.8. The summed E-state index contributed by atoms with van der Waals surface area (Å²) in [7, 11) is 0. The van der Waals surface area contributed by atoms with E-state index in [0.29, 0.717) is 19.3 Å². The van der Waals surface area contributed by atoms with Gasteiger partial charge >= 0.3 is 0 Å². The third-order valence-corrected chi connectivity index (χ3v) is 5.94. The summed E-state index contributed by atoms with van der Waals surface area (Å²) in [6.45, 7) is 0. The number of hydrogen-bond acceptors (Lipinski definition) is 5. The molecule has 2 aromatic rings. The Morgan fingerprint density at radius 3 is 2.62 bits per heavy atom. The number of halogens is 2. The van der Waals surface area contributed by atoms with Crippen molar-refractivity contribution in [2.24, 2.45) is 5.92 Å². The van der Waals surface area contributed by atoms with E-state index in [-0.39, 0.29) is 33.7 Å². The largest absolute Gasteiger partial charge is 0.456 e. The van der Waals surface area contributed by atoms with E-state index < -0.39 is 28.0 Å². The van der Waals surface area contributed by atoms with Crippen molar-refractivity contribution in [3.63, 3.8) is 0 Å². The van der Waals surface area contributed by atoms with Gasteiger partial charge in [-0.1, -0.05) is 24.4 Å². The molecule has 0 aromatic heterocycles. The van der Waals surface area contributed by atoms with Crippen LogP contribution in [0, 0.1) is 21.8 Å². The number of benzene rings is 2. The molecule has 1 aliphatic heterocycles. The highest BCUT2D eigenvalue weighted by Crippen LogP contribution is 2.49. The van der Waals surface area contributed by atoms with Gasteiger partial charge in [0.05, 0.1) is 21.3 Å². The van der Waals surface area contributed by atoms with Gasteiger partial charge in [0.1, 0.15) is 17.3 Å². The molecule has 29 heavy (non-hydrogen) atoms. The first-order valence-electron chi connectivity index (χ1n) is 9.10. The zero-order valence-electron chi connectivity index (χ0n) is 15.1. The third-order valence-electron chi connectivity index (χ3n) is 5.64. The SMILES string of the molecule is O=C1NC(=O)C2(c3cc(Oc4ccc([N+](=O)[O-])cc4)c(Cl)cc3F)CCCCC12. The summed E-state index contributed by atoms with van der Waals surface area (Å²) >= 11 is 6.14. The Bertz CT molecular complexity index is 1030. The van der Waals surface area contributed by atoms with Gasteiger partial charge in [0.15, 0.2) is 0 Å². The highest BCUT2D eigenvalue weighted by Gasteiger charge is 2.58. The summed E-state index contributed by atoms with van der Waals surface area (Å²) in [5.41, 5.74) is -1.31. The molecule has 2 amide bonds. The molecule has 1 N–H and O–H groups in total. The van der Waals surface area contributed by atoms with E-state index in [2.05, 4.69) is 5.32 Å². The molecule has 2 aromatic carbocycles. The lowest BCUT2D eigenvalue weighted by Gasteiger charge is -2.36. The minimum absolute atomic E-state index is 0.0157. The number of ether oxygens (including phenoxy) is 1. The summed E-state index contributed by atoms with van der Waals surface area (Å²) in [6, 6.07) is 7.75. The zero-order chi connectivity index (χ0) is 20.8. The van der Waals surface area contributed by atoms with Gasteiger partial charge < -0.3 is 4.74 Å². The molecule has 2 atom stereocenters. The second kappa shape index (κ2) is 7.11. The van der Waals surface area contributed by atoms with Crippen LogP contribution < -0.4 is 10.1 Å². The molecule has 1 aliphatic carbocycles. The van der Waals surface area contributed by atoms with Crippen LogP contribution in [0.2, 0.25) is 5.02 Å². The fourth-order valence-electron chi connectivity index (χ4n) is 4.27. The molecule has 0 spiro atoms. The number of carbonyl (C=O) groups excluding carboxylic acids is 2. The smallest absolute Gasteiger partial charge is 0.269 e. The number of nitro benzene ring substituents is 1. The third kappa shape index (κ3) is 3.13. The average molecular weight is 419 g/mol. The molecule has 9 heteroatoms. The second-order valence-corrected chi connectivity index (χ2v) is 7.61. The van der Waals surface area contributed by atoms with E-state index in [9.17, 15) is 24.1 Å². The van der Waals surface area contributed by atoms with Crippen LogP contribution in [-0.2, 0) is 15.0 Å². The van der Waals surface area contributed by atoms with Gasteiger partial charge in [-0.15, -0.1) is 0 Å². The van der Waals surface area contributed by atoms with Gasteiger partial charge in [-0.2, -0.15) is 0 Å². The molecule has 7 nitrogen and oxygen atoms in total. The van der Waals surface area contributed by atoms with Crippen LogP contribution in [0.1, 0.15) is 31.2 Å². The minimum atomic E-state index is -1.28. The standard InChI is InChI=1S/C20H16ClFN2O5/c21-15-10-16(22)14(20-8-2-1-3-13(20)18(25)23-19(20)26)9-17(15)29-12-6-4-11(5-7-12)24(27)28/h4-7,9-10,13H,1-3,8H2,(H,23,25,26). The van der Waals surface area contributed by atoms with Gasteiger partial charge in [-0.25, -0.2) is 4.39 Å². The van der Waals surface area contributed by atoms with Crippen molar-refractivity contribution in [1.82, 2.24) is 5.32 Å². The Balaban J connectivity index is 1.75. The molecule has 1 saturated heterocycles.